The lowest BCUT2D eigenvalue weighted by Crippen LogP contribution is -2.12. The molecule has 2 rings (SSSR count). The molecule has 0 saturated heterocycles. The molecule has 2 aromatic rings. The summed E-state index contributed by atoms with van der Waals surface area (Å²) in [5.41, 5.74) is 2.68. The molecule has 0 aliphatic heterocycles. The van der Waals surface area contributed by atoms with Crippen molar-refractivity contribution in [1.82, 2.24) is 9.55 Å². The summed E-state index contributed by atoms with van der Waals surface area (Å²) >= 11 is 5.80. The smallest absolute Gasteiger partial charge is 0.202 e. The largest absolute Gasteiger partial charge is 0.484 e. The predicted molar refractivity (Wildman–Crippen MR) is 74.0 cm³/mol. The van der Waals surface area contributed by atoms with E-state index in [0.29, 0.717) is 16.3 Å². The molecule has 2 aromatic heterocycles. The second-order valence-electron chi connectivity index (χ2n) is 4.39. The van der Waals surface area contributed by atoms with Crippen LogP contribution in [0.2, 0.25) is 5.02 Å². The lowest BCUT2D eigenvalue weighted by Gasteiger charge is -2.05. The second-order valence-corrected chi connectivity index (χ2v) is 4.83. The van der Waals surface area contributed by atoms with Crippen LogP contribution in [0.3, 0.4) is 0 Å². The molecular weight excluding hydrogens is 264 g/mol. The fourth-order valence-corrected chi connectivity index (χ4v) is 2.00. The summed E-state index contributed by atoms with van der Waals surface area (Å²) in [7, 11) is 1.93. The highest BCUT2D eigenvalue weighted by Gasteiger charge is 2.14. The number of carbonyl (C=O) groups excluding carboxylic acids is 1. The van der Waals surface area contributed by atoms with E-state index >= 15 is 0 Å². The number of aromatic nitrogens is 2. The highest BCUT2D eigenvalue weighted by atomic mass is 35.5. The summed E-state index contributed by atoms with van der Waals surface area (Å²) in [6, 6.07) is 3.50. The van der Waals surface area contributed by atoms with Crippen LogP contribution in [-0.2, 0) is 7.05 Å². The Morgan fingerprint density at radius 3 is 2.68 bits per heavy atom. The van der Waals surface area contributed by atoms with Gasteiger partial charge < -0.3 is 9.30 Å². The molecule has 4 nitrogen and oxygen atoms in total. The third-order valence-electron chi connectivity index (χ3n) is 3.13. The molecule has 0 saturated carbocycles. The average Bonchev–Trinajstić information content (AvgIpc) is 2.64. The zero-order valence-electron chi connectivity index (χ0n) is 11.1. The van der Waals surface area contributed by atoms with Crippen LogP contribution in [0, 0.1) is 13.8 Å². The van der Waals surface area contributed by atoms with Gasteiger partial charge in [0.05, 0.1) is 11.2 Å². The lowest BCUT2D eigenvalue weighted by atomic mass is 10.1. The van der Waals surface area contributed by atoms with E-state index in [1.807, 2.05) is 31.5 Å². The first-order valence-corrected chi connectivity index (χ1v) is 6.26. The molecule has 0 spiro atoms. The standard InChI is InChI=1S/C14H15ClN2O2/c1-9-4-13(10(2)17(9)3)14(18)8-19-12-5-11(15)6-16-7-12/h4-7H,8H2,1-3H3. The van der Waals surface area contributed by atoms with Crippen LogP contribution in [0.5, 0.6) is 5.75 Å². The summed E-state index contributed by atoms with van der Waals surface area (Å²) < 4.78 is 7.38. The Hall–Kier alpha value is -1.81. The molecular formula is C14H15ClN2O2. The molecule has 0 atom stereocenters. The Labute approximate surface area is 117 Å². The number of halogens is 1. The quantitative estimate of drug-likeness (QED) is 0.808. The Morgan fingerprint density at radius 1 is 1.37 bits per heavy atom. The van der Waals surface area contributed by atoms with Crippen molar-refractivity contribution < 1.29 is 9.53 Å². The van der Waals surface area contributed by atoms with Gasteiger partial charge in [0.25, 0.3) is 0 Å². The van der Waals surface area contributed by atoms with Gasteiger partial charge in [0.15, 0.2) is 6.61 Å². The molecule has 0 aliphatic rings. The predicted octanol–water partition coefficient (Wildman–Crippen LogP) is 2.95. The van der Waals surface area contributed by atoms with Gasteiger partial charge in [-0.25, -0.2) is 0 Å². The number of rotatable bonds is 4. The molecule has 0 unspecified atom stereocenters. The van der Waals surface area contributed by atoms with E-state index in [1.165, 1.54) is 12.4 Å². The summed E-state index contributed by atoms with van der Waals surface area (Å²) in [5, 5.41) is 0.483. The molecule has 0 bridgehead atoms. The summed E-state index contributed by atoms with van der Waals surface area (Å²) in [6.45, 7) is 3.86. The number of Topliss-reactive ketones (excluding diaryl/α,β-unsaturated/α-hetero) is 1. The number of hydrogen-bond acceptors (Lipinski definition) is 3. The van der Waals surface area contributed by atoms with E-state index < -0.39 is 0 Å². The Morgan fingerprint density at radius 2 is 2.11 bits per heavy atom. The van der Waals surface area contributed by atoms with E-state index in [-0.39, 0.29) is 12.4 Å². The number of ether oxygens (including phenoxy) is 1. The maximum Gasteiger partial charge on any atom is 0.202 e. The summed E-state index contributed by atoms with van der Waals surface area (Å²) in [4.78, 5) is 16.0. The van der Waals surface area contributed by atoms with Crippen molar-refractivity contribution in [2.45, 2.75) is 13.8 Å². The topological polar surface area (TPSA) is 44.1 Å². The maximum absolute atomic E-state index is 12.1. The van der Waals surface area contributed by atoms with Crippen LogP contribution in [0.25, 0.3) is 0 Å². The van der Waals surface area contributed by atoms with E-state index in [9.17, 15) is 4.79 Å². The van der Waals surface area contributed by atoms with E-state index in [2.05, 4.69) is 4.98 Å². The van der Waals surface area contributed by atoms with Crippen molar-refractivity contribution in [3.05, 3.63) is 46.5 Å². The monoisotopic (exact) mass is 278 g/mol. The first-order valence-electron chi connectivity index (χ1n) is 5.88. The third-order valence-corrected chi connectivity index (χ3v) is 3.33. The van der Waals surface area contributed by atoms with Gasteiger partial charge in [0.2, 0.25) is 5.78 Å². The molecule has 0 radical (unpaired) electrons. The molecule has 19 heavy (non-hydrogen) atoms. The highest BCUT2D eigenvalue weighted by molar-refractivity contribution is 6.30. The van der Waals surface area contributed by atoms with Gasteiger partial charge in [-0.2, -0.15) is 0 Å². The minimum absolute atomic E-state index is 0.0215. The van der Waals surface area contributed by atoms with Crippen molar-refractivity contribution in [1.29, 1.82) is 0 Å². The second kappa shape index (κ2) is 5.45. The molecule has 0 N–H and O–H groups in total. The fraction of sp³-hybridized carbons (Fsp3) is 0.286. The zero-order chi connectivity index (χ0) is 14.0. The Kier molecular flexibility index (Phi) is 3.90. The molecule has 0 aliphatic carbocycles. The third kappa shape index (κ3) is 2.96. The van der Waals surface area contributed by atoms with Crippen molar-refractivity contribution >= 4 is 17.4 Å². The number of ketones is 1. The number of hydrogen-bond donors (Lipinski definition) is 0. The number of pyridine rings is 1. The summed E-state index contributed by atoms with van der Waals surface area (Å²) in [6.07, 6.45) is 3.04. The van der Waals surface area contributed by atoms with E-state index in [0.717, 1.165) is 11.4 Å². The van der Waals surface area contributed by atoms with E-state index in [4.69, 9.17) is 16.3 Å². The van der Waals surface area contributed by atoms with Crippen molar-refractivity contribution in [3.8, 4) is 5.75 Å². The molecule has 5 heteroatoms. The highest BCUT2D eigenvalue weighted by Crippen LogP contribution is 2.17. The number of aryl methyl sites for hydroxylation is 1. The van der Waals surface area contributed by atoms with Crippen LogP contribution in [-0.4, -0.2) is 21.9 Å². The molecule has 2 heterocycles. The normalized spacial score (nSPS) is 10.5. The molecule has 100 valence electrons. The summed E-state index contributed by atoms with van der Waals surface area (Å²) in [5.74, 6) is 0.437. The van der Waals surface area contributed by atoms with Gasteiger partial charge in [-0.05, 0) is 19.9 Å². The van der Waals surface area contributed by atoms with Gasteiger partial charge in [0, 0.05) is 36.3 Å². The lowest BCUT2D eigenvalue weighted by molar-refractivity contribution is 0.0920. The number of nitrogens with zero attached hydrogens (tertiary/aromatic N) is 2. The zero-order valence-corrected chi connectivity index (χ0v) is 11.9. The first kappa shape index (κ1) is 13.6. The first-order chi connectivity index (χ1) is 8.99. The Balaban J connectivity index is 2.07. The molecule has 0 amide bonds. The Bertz CT molecular complexity index is 620. The van der Waals surface area contributed by atoms with Gasteiger partial charge in [-0.1, -0.05) is 11.6 Å². The van der Waals surface area contributed by atoms with Gasteiger partial charge >= 0.3 is 0 Å². The van der Waals surface area contributed by atoms with Crippen LogP contribution in [0.1, 0.15) is 21.7 Å². The number of carbonyl (C=O) groups is 1. The van der Waals surface area contributed by atoms with E-state index in [1.54, 1.807) is 6.07 Å². The average molecular weight is 279 g/mol. The maximum atomic E-state index is 12.1. The fourth-order valence-electron chi connectivity index (χ4n) is 1.84. The van der Waals surface area contributed by atoms with Gasteiger partial charge in [0.1, 0.15) is 5.75 Å². The van der Waals surface area contributed by atoms with Crippen LogP contribution >= 0.6 is 11.6 Å². The van der Waals surface area contributed by atoms with Crippen molar-refractivity contribution in [2.24, 2.45) is 7.05 Å². The van der Waals surface area contributed by atoms with Crippen LogP contribution in [0.4, 0.5) is 0 Å². The molecule has 0 fully saturated rings. The minimum atomic E-state index is -0.0545. The van der Waals surface area contributed by atoms with Crippen molar-refractivity contribution in [3.63, 3.8) is 0 Å². The SMILES string of the molecule is Cc1cc(C(=O)COc2cncc(Cl)c2)c(C)n1C. The van der Waals surface area contributed by atoms with Crippen LogP contribution < -0.4 is 4.74 Å². The van der Waals surface area contributed by atoms with Crippen LogP contribution in [0.15, 0.2) is 24.5 Å². The molecule has 0 aromatic carbocycles. The van der Waals surface area contributed by atoms with Gasteiger partial charge in [-0.3, -0.25) is 9.78 Å². The van der Waals surface area contributed by atoms with Crippen molar-refractivity contribution in [2.75, 3.05) is 6.61 Å². The minimum Gasteiger partial charge on any atom is -0.484 e. The van der Waals surface area contributed by atoms with Gasteiger partial charge in [-0.15, -0.1) is 0 Å².